The molecule has 2 saturated heterocycles. The number of carbonyl (C=O) groups excluding carboxylic acids is 1. The van der Waals surface area contributed by atoms with Crippen LogP contribution in [0.2, 0.25) is 0 Å². The Morgan fingerprint density at radius 3 is 2.69 bits per heavy atom. The van der Waals surface area contributed by atoms with Gasteiger partial charge in [-0.2, -0.15) is 4.98 Å². The summed E-state index contributed by atoms with van der Waals surface area (Å²) in [7, 11) is 5.82. The summed E-state index contributed by atoms with van der Waals surface area (Å²) in [6.45, 7) is 3.70. The number of amides is 1. The van der Waals surface area contributed by atoms with E-state index in [9.17, 15) is 4.79 Å². The fourth-order valence-corrected chi connectivity index (χ4v) is 4.45. The van der Waals surface area contributed by atoms with Crippen molar-refractivity contribution in [3.8, 4) is 0 Å². The van der Waals surface area contributed by atoms with E-state index < -0.39 is 5.54 Å². The topological polar surface area (TPSA) is 61.8 Å². The third-order valence-corrected chi connectivity index (χ3v) is 6.18. The minimum absolute atomic E-state index is 0.0313. The Balaban J connectivity index is 1.69. The molecule has 0 unspecified atom stereocenters. The number of hydrogen-bond acceptors (Lipinski definition) is 6. The Hall–Kier alpha value is -2.67. The molecule has 3 heterocycles. The molecule has 154 valence electrons. The summed E-state index contributed by atoms with van der Waals surface area (Å²) in [5, 5.41) is 0. The van der Waals surface area contributed by atoms with Gasteiger partial charge < -0.3 is 19.4 Å². The molecule has 4 rings (SSSR count). The second kappa shape index (κ2) is 7.63. The van der Waals surface area contributed by atoms with Crippen LogP contribution in [0.25, 0.3) is 0 Å². The summed E-state index contributed by atoms with van der Waals surface area (Å²) in [6.07, 6.45) is 1.52. The van der Waals surface area contributed by atoms with Crippen LogP contribution in [0.4, 0.5) is 11.8 Å². The Kier molecular flexibility index (Phi) is 5.17. The van der Waals surface area contributed by atoms with E-state index in [-0.39, 0.29) is 18.6 Å². The van der Waals surface area contributed by atoms with Gasteiger partial charge in [0, 0.05) is 46.0 Å². The Morgan fingerprint density at radius 1 is 1.24 bits per heavy atom. The summed E-state index contributed by atoms with van der Waals surface area (Å²) in [5.41, 5.74) is 1.71. The molecule has 2 aromatic rings. The molecule has 0 N–H and O–H groups in total. The molecule has 1 amide bonds. The van der Waals surface area contributed by atoms with Crippen LogP contribution in [-0.2, 0) is 21.5 Å². The molecule has 0 saturated carbocycles. The zero-order valence-corrected chi connectivity index (χ0v) is 17.6. The highest BCUT2D eigenvalue weighted by Crippen LogP contribution is 2.43. The highest BCUT2D eigenvalue weighted by molar-refractivity contribution is 5.79. The van der Waals surface area contributed by atoms with Crippen molar-refractivity contribution >= 4 is 17.7 Å². The van der Waals surface area contributed by atoms with Crippen LogP contribution in [0.3, 0.4) is 0 Å². The standard InChI is InChI=1S/C22H29N5O2/c1-5-17-13-19(24-21(23-17)25(2)3)27-12-11-22(16-9-7-6-8-10-16)18(14-27)29-15-20(28)26(22)4/h6-10,13,18H,5,11-12,14-15H2,1-4H3/t18-,22+/m1/s1. The second-order valence-electron chi connectivity index (χ2n) is 8.00. The molecule has 1 aromatic carbocycles. The normalized spacial score (nSPS) is 24.4. The number of benzene rings is 1. The van der Waals surface area contributed by atoms with Crippen LogP contribution in [-0.4, -0.2) is 67.7 Å². The van der Waals surface area contributed by atoms with E-state index in [1.807, 2.05) is 49.1 Å². The van der Waals surface area contributed by atoms with E-state index in [1.54, 1.807) is 0 Å². The van der Waals surface area contributed by atoms with Crippen molar-refractivity contribution in [3.05, 3.63) is 47.7 Å². The maximum absolute atomic E-state index is 12.5. The van der Waals surface area contributed by atoms with Crippen molar-refractivity contribution in [2.75, 3.05) is 50.6 Å². The third kappa shape index (κ3) is 3.33. The molecule has 0 aliphatic carbocycles. The van der Waals surface area contributed by atoms with Gasteiger partial charge in [-0.15, -0.1) is 0 Å². The average molecular weight is 396 g/mol. The number of fused-ring (bicyclic) bond motifs is 1. The summed E-state index contributed by atoms with van der Waals surface area (Å²) in [6, 6.07) is 12.3. The molecule has 29 heavy (non-hydrogen) atoms. The lowest BCUT2D eigenvalue weighted by Gasteiger charge is -2.55. The van der Waals surface area contributed by atoms with Gasteiger partial charge in [-0.25, -0.2) is 4.98 Å². The lowest BCUT2D eigenvalue weighted by molar-refractivity contribution is -0.173. The van der Waals surface area contributed by atoms with Crippen LogP contribution in [0.1, 0.15) is 24.6 Å². The van der Waals surface area contributed by atoms with Gasteiger partial charge in [-0.3, -0.25) is 4.79 Å². The maximum atomic E-state index is 12.5. The second-order valence-corrected chi connectivity index (χ2v) is 8.00. The molecule has 0 spiro atoms. The van der Waals surface area contributed by atoms with Crippen molar-refractivity contribution in [1.29, 1.82) is 0 Å². The number of hydrogen-bond donors (Lipinski definition) is 0. The third-order valence-electron chi connectivity index (χ3n) is 6.18. The van der Waals surface area contributed by atoms with E-state index in [0.717, 1.165) is 42.4 Å². The van der Waals surface area contributed by atoms with Crippen LogP contribution in [0, 0.1) is 0 Å². The Bertz CT molecular complexity index is 888. The van der Waals surface area contributed by atoms with Crippen LogP contribution < -0.4 is 9.80 Å². The smallest absolute Gasteiger partial charge is 0.249 e. The zero-order valence-electron chi connectivity index (χ0n) is 17.6. The first-order chi connectivity index (χ1) is 14.0. The maximum Gasteiger partial charge on any atom is 0.249 e. The number of ether oxygens (including phenoxy) is 1. The molecular formula is C22H29N5O2. The molecule has 2 aliphatic rings. The number of morpholine rings is 1. The Labute approximate surface area is 172 Å². The van der Waals surface area contributed by atoms with E-state index >= 15 is 0 Å². The minimum atomic E-state index is -0.446. The molecule has 7 heteroatoms. The van der Waals surface area contributed by atoms with Gasteiger partial charge in [0.2, 0.25) is 11.9 Å². The summed E-state index contributed by atoms with van der Waals surface area (Å²) in [5.74, 6) is 1.67. The van der Waals surface area contributed by atoms with Crippen molar-refractivity contribution in [1.82, 2.24) is 14.9 Å². The molecule has 0 radical (unpaired) electrons. The molecule has 2 aliphatic heterocycles. The van der Waals surface area contributed by atoms with Crippen LogP contribution in [0.5, 0.6) is 0 Å². The number of aryl methyl sites for hydroxylation is 1. The molecule has 0 bridgehead atoms. The highest BCUT2D eigenvalue weighted by atomic mass is 16.5. The van der Waals surface area contributed by atoms with Gasteiger partial charge in [-0.05, 0) is 18.4 Å². The first kappa shape index (κ1) is 19.6. The predicted molar refractivity (Wildman–Crippen MR) is 113 cm³/mol. The SMILES string of the molecule is CCc1cc(N2CC[C@]3(c4ccccc4)[C@@H](C2)OCC(=O)N3C)nc(N(C)C)n1. The van der Waals surface area contributed by atoms with Crippen LogP contribution in [0.15, 0.2) is 36.4 Å². The van der Waals surface area contributed by atoms with Crippen LogP contribution >= 0.6 is 0 Å². The van der Waals surface area contributed by atoms with E-state index in [4.69, 9.17) is 9.72 Å². The van der Waals surface area contributed by atoms with Crippen molar-refractivity contribution in [3.63, 3.8) is 0 Å². The fraction of sp³-hybridized carbons (Fsp3) is 0.500. The number of nitrogens with zero attached hydrogens (tertiary/aromatic N) is 5. The monoisotopic (exact) mass is 395 g/mol. The number of carbonyl (C=O) groups is 1. The predicted octanol–water partition coefficient (Wildman–Crippen LogP) is 2.07. The van der Waals surface area contributed by atoms with E-state index in [1.165, 1.54) is 0 Å². The molecular weight excluding hydrogens is 366 g/mol. The molecule has 1 aromatic heterocycles. The molecule has 2 fully saturated rings. The van der Waals surface area contributed by atoms with Gasteiger partial charge in [0.15, 0.2) is 0 Å². The van der Waals surface area contributed by atoms with Crippen molar-refractivity contribution in [2.45, 2.75) is 31.4 Å². The van der Waals surface area contributed by atoms with Crippen molar-refractivity contribution < 1.29 is 9.53 Å². The molecule has 7 nitrogen and oxygen atoms in total. The number of anilines is 2. The largest absolute Gasteiger partial charge is 0.364 e. The Morgan fingerprint density at radius 2 is 2.00 bits per heavy atom. The number of likely N-dealkylation sites (N-methyl/N-ethyl adjacent to an activating group) is 1. The number of rotatable bonds is 4. The molecule has 2 atom stereocenters. The fourth-order valence-electron chi connectivity index (χ4n) is 4.45. The quantitative estimate of drug-likeness (QED) is 0.790. The number of piperidine rings is 1. The summed E-state index contributed by atoms with van der Waals surface area (Å²) < 4.78 is 6.12. The lowest BCUT2D eigenvalue weighted by atomic mass is 9.76. The van der Waals surface area contributed by atoms with E-state index in [2.05, 4.69) is 35.0 Å². The van der Waals surface area contributed by atoms with Gasteiger partial charge >= 0.3 is 0 Å². The summed E-state index contributed by atoms with van der Waals surface area (Å²) >= 11 is 0. The van der Waals surface area contributed by atoms with Gasteiger partial charge in [0.05, 0.1) is 5.54 Å². The average Bonchev–Trinajstić information content (AvgIpc) is 2.76. The van der Waals surface area contributed by atoms with Gasteiger partial charge in [0.1, 0.15) is 18.5 Å². The van der Waals surface area contributed by atoms with E-state index in [0.29, 0.717) is 6.54 Å². The zero-order chi connectivity index (χ0) is 20.6. The van der Waals surface area contributed by atoms with Crippen molar-refractivity contribution in [2.24, 2.45) is 0 Å². The highest BCUT2D eigenvalue weighted by Gasteiger charge is 2.52. The van der Waals surface area contributed by atoms with Gasteiger partial charge in [-0.1, -0.05) is 37.3 Å². The first-order valence-corrected chi connectivity index (χ1v) is 10.2. The number of aromatic nitrogens is 2. The first-order valence-electron chi connectivity index (χ1n) is 10.2. The summed E-state index contributed by atoms with van der Waals surface area (Å²) in [4.78, 5) is 28.0. The lowest BCUT2D eigenvalue weighted by Crippen LogP contribution is -2.67. The minimum Gasteiger partial charge on any atom is -0.364 e. The van der Waals surface area contributed by atoms with Gasteiger partial charge in [0.25, 0.3) is 0 Å².